The van der Waals surface area contributed by atoms with E-state index in [1.54, 1.807) is 18.6 Å². The summed E-state index contributed by atoms with van der Waals surface area (Å²) in [6.45, 7) is 3.01. The van der Waals surface area contributed by atoms with Crippen molar-refractivity contribution in [1.29, 1.82) is 0 Å². The molecule has 0 aliphatic carbocycles. The number of fused-ring (bicyclic) bond motifs is 2. The van der Waals surface area contributed by atoms with E-state index in [1.165, 1.54) is 6.33 Å². The van der Waals surface area contributed by atoms with Gasteiger partial charge in [-0.05, 0) is 30.3 Å². The summed E-state index contributed by atoms with van der Waals surface area (Å²) >= 11 is 6.56. The van der Waals surface area contributed by atoms with Gasteiger partial charge in [0, 0.05) is 31.9 Å². The number of morpholine rings is 1. The lowest BCUT2D eigenvalue weighted by Gasteiger charge is -2.34. The summed E-state index contributed by atoms with van der Waals surface area (Å²) in [6.07, 6.45) is 4.88. The monoisotopic (exact) mass is 490 g/mol. The summed E-state index contributed by atoms with van der Waals surface area (Å²) < 4.78 is 13.4. The second-order valence-electron chi connectivity index (χ2n) is 8.31. The van der Waals surface area contributed by atoms with Crippen molar-refractivity contribution in [1.82, 2.24) is 24.4 Å². The molecule has 1 fully saturated rings. The van der Waals surface area contributed by atoms with Gasteiger partial charge in [-0.3, -0.25) is 9.89 Å². The summed E-state index contributed by atoms with van der Waals surface area (Å²) in [4.78, 5) is 20.0. The number of imidazole rings is 1. The van der Waals surface area contributed by atoms with E-state index in [0.717, 1.165) is 41.2 Å². The van der Waals surface area contributed by atoms with Gasteiger partial charge in [0.25, 0.3) is 0 Å². The van der Waals surface area contributed by atoms with E-state index >= 15 is 0 Å². The minimum Gasteiger partial charge on any atom is -0.456 e. The fourth-order valence-electron chi connectivity index (χ4n) is 4.15. The Bertz CT molecular complexity index is 1420. The number of rotatable bonds is 5. The van der Waals surface area contributed by atoms with Crippen molar-refractivity contribution < 1.29 is 9.47 Å². The van der Waals surface area contributed by atoms with E-state index in [-0.39, 0.29) is 6.29 Å². The largest absolute Gasteiger partial charge is 0.456 e. The molecule has 0 bridgehead atoms. The van der Waals surface area contributed by atoms with Crippen molar-refractivity contribution in [2.24, 2.45) is 12.0 Å². The zero-order chi connectivity index (χ0) is 23.8. The van der Waals surface area contributed by atoms with Crippen molar-refractivity contribution in [3.8, 4) is 11.5 Å². The van der Waals surface area contributed by atoms with Crippen LogP contribution in [-0.4, -0.2) is 63.2 Å². The number of nitrogens with zero attached hydrogens (tertiary/aromatic N) is 6. The molecule has 2 aliphatic heterocycles. The summed E-state index contributed by atoms with van der Waals surface area (Å²) in [5.74, 6) is 1.86. The number of anilines is 3. The molecular formula is C24H23ClN8O2. The average molecular weight is 491 g/mol. The number of halogens is 1. The fraction of sp³-hybridized carbons (Fsp3) is 0.250. The molecule has 11 heteroatoms. The molecule has 0 spiro atoms. The van der Waals surface area contributed by atoms with Crippen LogP contribution in [0.4, 0.5) is 17.2 Å². The highest BCUT2D eigenvalue weighted by Gasteiger charge is 2.25. The topological polar surface area (TPSA) is 102 Å². The second-order valence-corrected chi connectivity index (χ2v) is 8.71. The third kappa shape index (κ3) is 4.39. The third-order valence-corrected chi connectivity index (χ3v) is 6.29. The van der Waals surface area contributed by atoms with E-state index < -0.39 is 0 Å². The molecule has 1 atom stereocenters. The van der Waals surface area contributed by atoms with Gasteiger partial charge in [0.1, 0.15) is 29.2 Å². The molecule has 1 unspecified atom stereocenters. The molecule has 0 amide bonds. The predicted molar refractivity (Wildman–Crippen MR) is 135 cm³/mol. The molecular weight excluding hydrogens is 468 g/mol. The maximum absolute atomic E-state index is 6.56. The number of nitrogens with one attached hydrogen (secondary N) is 2. The normalized spacial score (nSPS) is 17.7. The van der Waals surface area contributed by atoms with Crippen LogP contribution in [0.1, 0.15) is 5.69 Å². The first-order chi connectivity index (χ1) is 17.1. The van der Waals surface area contributed by atoms with Crippen molar-refractivity contribution in [3.05, 3.63) is 59.8 Å². The predicted octanol–water partition coefficient (Wildman–Crippen LogP) is 4.01. The number of ether oxygens (including phenoxy) is 2. The summed E-state index contributed by atoms with van der Waals surface area (Å²) in [5, 5.41) is 7.27. The average Bonchev–Trinajstić information content (AvgIpc) is 3.26. The molecule has 2 aliphatic rings. The van der Waals surface area contributed by atoms with Gasteiger partial charge in [-0.15, -0.1) is 0 Å². The Kier molecular flexibility index (Phi) is 5.69. The lowest BCUT2D eigenvalue weighted by atomic mass is 10.2. The zero-order valence-corrected chi connectivity index (χ0v) is 19.7. The lowest BCUT2D eigenvalue weighted by molar-refractivity contribution is 0.0236. The molecule has 4 heterocycles. The van der Waals surface area contributed by atoms with Crippen LogP contribution in [0.25, 0.3) is 11.0 Å². The third-order valence-electron chi connectivity index (χ3n) is 6.00. The first-order valence-corrected chi connectivity index (χ1v) is 11.6. The summed E-state index contributed by atoms with van der Waals surface area (Å²) in [6, 6.07) is 11.3. The molecule has 4 aromatic rings. The molecule has 2 aromatic heterocycles. The van der Waals surface area contributed by atoms with E-state index in [4.69, 9.17) is 21.1 Å². The number of hydrogen-bond acceptors (Lipinski definition) is 9. The molecule has 0 radical (unpaired) electrons. The van der Waals surface area contributed by atoms with E-state index in [1.807, 2.05) is 41.9 Å². The van der Waals surface area contributed by atoms with Gasteiger partial charge in [0.2, 0.25) is 0 Å². The van der Waals surface area contributed by atoms with Crippen molar-refractivity contribution in [2.45, 2.75) is 6.29 Å². The Morgan fingerprint density at radius 1 is 1.11 bits per heavy atom. The first kappa shape index (κ1) is 21.8. The number of benzene rings is 2. The summed E-state index contributed by atoms with van der Waals surface area (Å²) in [5.41, 5.74) is 4.18. The number of aliphatic imine (C=N–C) groups is 1. The molecule has 6 rings (SSSR count). The van der Waals surface area contributed by atoms with E-state index in [0.29, 0.717) is 35.6 Å². The Morgan fingerprint density at radius 2 is 2.00 bits per heavy atom. The van der Waals surface area contributed by atoms with Crippen molar-refractivity contribution in [3.63, 3.8) is 0 Å². The van der Waals surface area contributed by atoms with Gasteiger partial charge in [-0.1, -0.05) is 11.6 Å². The zero-order valence-electron chi connectivity index (χ0n) is 19.0. The van der Waals surface area contributed by atoms with Gasteiger partial charge in [-0.25, -0.2) is 15.0 Å². The Balaban J connectivity index is 1.20. The van der Waals surface area contributed by atoms with Gasteiger partial charge in [-0.2, -0.15) is 0 Å². The maximum atomic E-state index is 6.56. The van der Waals surface area contributed by atoms with Crippen molar-refractivity contribution >= 4 is 46.0 Å². The van der Waals surface area contributed by atoms with Crippen LogP contribution >= 0.6 is 11.6 Å². The molecule has 35 heavy (non-hydrogen) atoms. The van der Waals surface area contributed by atoms with Gasteiger partial charge >= 0.3 is 0 Å². The van der Waals surface area contributed by atoms with Gasteiger partial charge in [0.15, 0.2) is 12.1 Å². The molecule has 178 valence electrons. The highest BCUT2D eigenvalue weighted by atomic mass is 35.5. The van der Waals surface area contributed by atoms with Crippen LogP contribution in [0, 0.1) is 0 Å². The lowest BCUT2D eigenvalue weighted by Crippen LogP contribution is -2.47. The van der Waals surface area contributed by atoms with Crippen LogP contribution < -0.4 is 15.4 Å². The van der Waals surface area contributed by atoms with E-state index in [2.05, 4.69) is 35.5 Å². The van der Waals surface area contributed by atoms with Crippen LogP contribution in [0.2, 0.25) is 5.02 Å². The maximum Gasteiger partial charge on any atom is 0.176 e. The van der Waals surface area contributed by atoms with Gasteiger partial charge < -0.3 is 24.7 Å². The highest BCUT2D eigenvalue weighted by molar-refractivity contribution is 6.32. The van der Waals surface area contributed by atoms with Crippen LogP contribution in [-0.2, 0) is 11.8 Å². The number of hydrogen-bond donors (Lipinski definition) is 2. The minimum atomic E-state index is -0.186. The first-order valence-electron chi connectivity index (χ1n) is 11.3. The smallest absolute Gasteiger partial charge is 0.176 e. The van der Waals surface area contributed by atoms with Crippen LogP contribution in [0.5, 0.6) is 11.5 Å². The number of aryl methyl sites for hydroxylation is 1. The molecule has 2 aromatic carbocycles. The summed E-state index contributed by atoms with van der Waals surface area (Å²) in [7, 11) is 1.96. The second kappa shape index (κ2) is 9.14. The minimum absolute atomic E-state index is 0.186. The standard InChI is InChI=1S/C24H23ClN8O2/c1-32-14-29-18-11-16(3-4-20(18)32)35-21-5-2-15(10-17(21)25)30-23-22-19(27-13-28-23)12-26-24(31-22)33-6-8-34-9-7-33/h2-5,10-14,24,31H,6-9H2,1H3,(H,27,28,30). The quantitative estimate of drug-likeness (QED) is 0.432. The fourth-order valence-corrected chi connectivity index (χ4v) is 4.37. The highest BCUT2D eigenvalue weighted by Crippen LogP contribution is 2.35. The van der Waals surface area contributed by atoms with Crippen LogP contribution in [0.3, 0.4) is 0 Å². The molecule has 10 nitrogen and oxygen atoms in total. The molecule has 0 saturated carbocycles. The van der Waals surface area contributed by atoms with E-state index in [9.17, 15) is 0 Å². The SMILES string of the molecule is Cn1cnc2cc(Oc3ccc(Nc4ncnc5c4NC(N4CCOCC4)N=C5)cc3Cl)ccc21. The van der Waals surface area contributed by atoms with Gasteiger partial charge in [0.05, 0.1) is 41.8 Å². The number of aromatic nitrogens is 4. The van der Waals surface area contributed by atoms with Crippen molar-refractivity contribution in [2.75, 3.05) is 36.9 Å². The Hall–Kier alpha value is -3.73. The molecule has 2 N–H and O–H groups in total. The van der Waals surface area contributed by atoms with Crippen LogP contribution in [0.15, 0.2) is 54.0 Å². The Morgan fingerprint density at radius 3 is 2.86 bits per heavy atom. The Labute approximate surface area is 206 Å². The molecule has 1 saturated heterocycles.